The zero-order chi connectivity index (χ0) is 24.6. The van der Waals surface area contributed by atoms with Crippen LogP contribution in [0.2, 0.25) is 0 Å². The molecule has 8 nitrogen and oxygen atoms in total. The summed E-state index contributed by atoms with van der Waals surface area (Å²) < 4.78 is 10.8. The predicted octanol–water partition coefficient (Wildman–Crippen LogP) is 1.92. The number of hydrogen-bond donors (Lipinski definition) is 6. The largest absolute Gasteiger partial charge is 0.454 e. The Balaban J connectivity index is 1.43. The molecule has 3 aromatic carbocycles. The molecule has 0 bridgehead atoms. The SMILES string of the molecule is OC[C@H]1OC(O)[C@@](O)(Oc2cccc3[nH]cc(Cc4ccc(-c5ccccc5)cc4)c23)[C@@H](O)[C@@H]1O. The van der Waals surface area contributed by atoms with Gasteiger partial charge in [0.15, 0.2) is 6.10 Å². The summed E-state index contributed by atoms with van der Waals surface area (Å²) in [6.07, 6.45) is -4.45. The third-order valence-electron chi connectivity index (χ3n) is 6.44. The molecule has 1 aliphatic heterocycles. The van der Waals surface area contributed by atoms with Gasteiger partial charge >= 0.3 is 0 Å². The number of aliphatic hydroxyl groups excluding tert-OH is 4. The molecule has 8 heteroatoms. The maximum Gasteiger partial charge on any atom is 0.288 e. The van der Waals surface area contributed by atoms with E-state index in [1.807, 2.05) is 42.6 Å². The van der Waals surface area contributed by atoms with Gasteiger partial charge in [-0.25, -0.2) is 0 Å². The number of fused-ring (bicyclic) bond motifs is 1. The zero-order valence-electron chi connectivity index (χ0n) is 18.8. The highest BCUT2D eigenvalue weighted by atomic mass is 16.7. The van der Waals surface area contributed by atoms with Gasteiger partial charge in [0.1, 0.15) is 18.0 Å². The number of aromatic amines is 1. The van der Waals surface area contributed by atoms with Crippen molar-refractivity contribution in [3.63, 3.8) is 0 Å². The van der Waals surface area contributed by atoms with Gasteiger partial charge in [0.2, 0.25) is 6.29 Å². The van der Waals surface area contributed by atoms with Gasteiger partial charge < -0.3 is 40.0 Å². The molecule has 2 heterocycles. The molecule has 1 unspecified atom stereocenters. The van der Waals surface area contributed by atoms with E-state index in [9.17, 15) is 25.5 Å². The van der Waals surface area contributed by atoms with Crippen molar-refractivity contribution in [2.75, 3.05) is 6.61 Å². The molecule has 1 saturated heterocycles. The van der Waals surface area contributed by atoms with Crippen LogP contribution in [0.1, 0.15) is 11.1 Å². The summed E-state index contributed by atoms with van der Waals surface area (Å²) in [5.41, 5.74) is 4.91. The van der Waals surface area contributed by atoms with Gasteiger partial charge in [-0.2, -0.15) is 0 Å². The Morgan fingerprint density at radius 1 is 0.886 bits per heavy atom. The van der Waals surface area contributed by atoms with Gasteiger partial charge in [-0.15, -0.1) is 0 Å². The highest BCUT2D eigenvalue weighted by molar-refractivity contribution is 5.89. The molecule has 0 saturated carbocycles. The van der Waals surface area contributed by atoms with Crippen LogP contribution < -0.4 is 4.74 Å². The van der Waals surface area contributed by atoms with E-state index in [4.69, 9.17) is 9.47 Å². The summed E-state index contributed by atoms with van der Waals surface area (Å²) in [7, 11) is 0. The Morgan fingerprint density at radius 2 is 1.60 bits per heavy atom. The lowest BCUT2D eigenvalue weighted by atomic mass is 9.95. The van der Waals surface area contributed by atoms with Crippen molar-refractivity contribution in [2.45, 2.75) is 36.8 Å². The summed E-state index contributed by atoms with van der Waals surface area (Å²) in [5.74, 6) is -2.45. The fourth-order valence-corrected chi connectivity index (χ4v) is 4.49. The number of aliphatic hydroxyl groups is 5. The Morgan fingerprint density at radius 3 is 2.31 bits per heavy atom. The van der Waals surface area contributed by atoms with E-state index in [1.165, 1.54) is 0 Å². The minimum Gasteiger partial charge on any atom is -0.454 e. The number of aromatic nitrogens is 1. The first-order valence-electron chi connectivity index (χ1n) is 11.4. The molecule has 4 aromatic rings. The number of hydrogen-bond acceptors (Lipinski definition) is 7. The average molecular weight is 478 g/mol. The number of benzene rings is 3. The van der Waals surface area contributed by atoms with Crippen LogP contribution in [0.4, 0.5) is 0 Å². The van der Waals surface area contributed by atoms with Crippen molar-refractivity contribution >= 4 is 10.9 Å². The first-order chi connectivity index (χ1) is 16.9. The van der Waals surface area contributed by atoms with Crippen LogP contribution in [0, 0.1) is 0 Å². The second-order valence-electron chi connectivity index (χ2n) is 8.73. The molecule has 6 N–H and O–H groups in total. The highest BCUT2D eigenvalue weighted by Gasteiger charge is 2.57. The normalized spacial score (nSPS) is 26.7. The van der Waals surface area contributed by atoms with Gasteiger partial charge in [-0.05, 0) is 40.8 Å². The molecule has 0 radical (unpaired) electrons. The number of H-pyrrole nitrogens is 1. The van der Waals surface area contributed by atoms with Crippen molar-refractivity contribution in [1.29, 1.82) is 0 Å². The van der Waals surface area contributed by atoms with Crippen molar-refractivity contribution in [3.8, 4) is 16.9 Å². The second kappa shape index (κ2) is 9.43. The Labute approximate surface area is 201 Å². The van der Waals surface area contributed by atoms with Crippen molar-refractivity contribution in [1.82, 2.24) is 4.98 Å². The fourth-order valence-electron chi connectivity index (χ4n) is 4.49. The number of ether oxygens (including phenoxy) is 2. The Hall–Kier alpha value is -3.24. The summed E-state index contributed by atoms with van der Waals surface area (Å²) in [6, 6.07) is 23.4. The van der Waals surface area contributed by atoms with Crippen LogP contribution in [0.5, 0.6) is 5.75 Å². The van der Waals surface area contributed by atoms with Crippen LogP contribution in [0.3, 0.4) is 0 Å². The summed E-state index contributed by atoms with van der Waals surface area (Å²) in [5, 5.41) is 52.0. The molecule has 1 aromatic heterocycles. The Bertz CT molecular complexity index is 1290. The molecule has 0 amide bonds. The van der Waals surface area contributed by atoms with Crippen molar-refractivity contribution in [3.05, 3.63) is 90.1 Å². The standard InChI is InChI=1S/C27H27NO7/c29-15-22-24(30)25(31)27(33,26(32)34-22)35-21-8-4-7-20-23(21)19(14-28-20)13-16-9-11-18(12-10-16)17-5-2-1-3-6-17/h1-12,14,22,24-26,28-33H,13,15H2/t22-,24-,25+,26?,27+/m1/s1. The third kappa shape index (κ3) is 4.32. The summed E-state index contributed by atoms with van der Waals surface area (Å²) >= 11 is 0. The Kier molecular flexibility index (Phi) is 6.33. The number of nitrogens with one attached hydrogen (secondary N) is 1. The molecule has 182 valence electrons. The third-order valence-corrected chi connectivity index (χ3v) is 6.44. The lowest BCUT2D eigenvalue weighted by Gasteiger charge is -2.45. The monoisotopic (exact) mass is 477 g/mol. The van der Waals surface area contributed by atoms with Crippen LogP contribution in [-0.4, -0.2) is 67.5 Å². The van der Waals surface area contributed by atoms with Gasteiger partial charge in [0, 0.05) is 17.1 Å². The van der Waals surface area contributed by atoms with E-state index in [0.29, 0.717) is 11.8 Å². The molecule has 1 fully saturated rings. The first kappa shape index (κ1) is 23.5. The lowest BCUT2D eigenvalue weighted by Crippen LogP contribution is -2.69. The van der Waals surface area contributed by atoms with E-state index < -0.39 is 37.0 Å². The predicted molar refractivity (Wildman–Crippen MR) is 129 cm³/mol. The molecule has 5 rings (SSSR count). The van der Waals surface area contributed by atoms with Crippen LogP contribution in [-0.2, 0) is 11.2 Å². The van der Waals surface area contributed by atoms with E-state index in [0.717, 1.165) is 27.8 Å². The quantitative estimate of drug-likeness (QED) is 0.234. The minimum absolute atomic E-state index is 0.193. The first-order valence-corrected chi connectivity index (χ1v) is 11.4. The smallest absolute Gasteiger partial charge is 0.288 e. The van der Waals surface area contributed by atoms with E-state index in [1.54, 1.807) is 12.1 Å². The molecule has 1 aliphatic rings. The molecular formula is C27H27NO7. The summed E-state index contributed by atoms with van der Waals surface area (Å²) in [4.78, 5) is 3.18. The number of rotatable bonds is 6. The molecule has 5 atom stereocenters. The molecule has 0 aliphatic carbocycles. The molecule has 35 heavy (non-hydrogen) atoms. The van der Waals surface area contributed by atoms with Gasteiger partial charge in [0.25, 0.3) is 5.79 Å². The van der Waals surface area contributed by atoms with Crippen molar-refractivity contribution in [2.24, 2.45) is 0 Å². The summed E-state index contributed by atoms with van der Waals surface area (Å²) in [6.45, 7) is -0.647. The van der Waals surface area contributed by atoms with Crippen LogP contribution >= 0.6 is 0 Å². The van der Waals surface area contributed by atoms with Gasteiger partial charge in [-0.1, -0.05) is 60.7 Å². The van der Waals surface area contributed by atoms with E-state index in [-0.39, 0.29) is 5.75 Å². The maximum atomic E-state index is 11.0. The molecular weight excluding hydrogens is 450 g/mol. The van der Waals surface area contributed by atoms with Crippen LogP contribution in [0.15, 0.2) is 79.0 Å². The highest BCUT2D eigenvalue weighted by Crippen LogP contribution is 2.37. The molecule has 0 spiro atoms. The van der Waals surface area contributed by atoms with Gasteiger partial charge in [-0.3, -0.25) is 0 Å². The average Bonchev–Trinajstić information content (AvgIpc) is 3.30. The second-order valence-corrected chi connectivity index (χ2v) is 8.73. The van der Waals surface area contributed by atoms with Gasteiger partial charge in [0.05, 0.1) is 6.61 Å². The maximum absolute atomic E-state index is 11.0. The van der Waals surface area contributed by atoms with E-state index in [2.05, 4.69) is 29.2 Å². The zero-order valence-corrected chi connectivity index (χ0v) is 18.8. The van der Waals surface area contributed by atoms with E-state index >= 15 is 0 Å². The van der Waals surface area contributed by atoms with Crippen LogP contribution in [0.25, 0.3) is 22.0 Å². The van der Waals surface area contributed by atoms with Crippen molar-refractivity contribution < 1.29 is 35.0 Å². The fraction of sp³-hybridized carbons (Fsp3) is 0.259. The topological polar surface area (TPSA) is 135 Å². The minimum atomic E-state index is -2.65. The lowest BCUT2D eigenvalue weighted by molar-refractivity contribution is -0.385.